The predicted octanol–water partition coefficient (Wildman–Crippen LogP) is 1.34. The van der Waals surface area contributed by atoms with E-state index in [1.165, 1.54) is 0 Å². The Morgan fingerprint density at radius 3 is 2.92 bits per heavy atom. The van der Waals surface area contributed by atoms with Crippen LogP contribution in [0.5, 0.6) is 0 Å². The lowest BCUT2D eigenvalue weighted by Crippen LogP contribution is -2.64. The fourth-order valence-electron chi connectivity index (χ4n) is 3.77. The van der Waals surface area contributed by atoms with Gasteiger partial charge in [-0.3, -0.25) is 19.6 Å². The summed E-state index contributed by atoms with van der Waals surface area (Å²) in [7, 11) is 1.98. The van der Waals surface area contributed by atoms with E-state index in [4.69, 9.17) is 0 Å². The van der Waals surface area contributed by atoms with Crippen LogP contribution in [0, 0.1) is 6.92 Å². The van der Waals surface area contributed by atoms with Crippen molar-refractivity contribution in [2.24, 2.45) is 0 Å². The summed E-state index contributed by atoms with van der Waals surface area (Å²) >= 11 is 1.59. The maximum absolute atomic E-state index is 12.7. The molecule has 8 heteroatoms. The first-order valence-electron chi connectivity index (χ1n) is 8.34. The van der Waals surface area contributed by atoms with Crippen LogP contribution in [0.4, 0.5) is 5.69 Å². The molecule has 132 valence electrons. The normalized spacial score (nSPS) is 24.5. The number of hydrogen-bond acceptors (Lipinski definition) is 5. The van der Waals surface area contributed by atoms with Gasteiger partial charge in [-0.1, -0.05) is 0 Å². The van der Waals surface area contributed by atoms with Crippen LogP contribution in [0.2, 0.25) is 0 Å². The van der Waals surface area contributed by atoms with E-state index in [0.717, 1.165) is 17.8 Å². The highest BCUT2D eigenvalue weighted by molar-refractivity contribution is 7.08. The number of aromatic nitrogens is 2. The zero-order valence-electron chi connectivity index (χ0n) is 14.4. The van der Waals surface area contributed by atoms with E-state index in [-0.39, 0.29) is 17.4 Å². The van der Waals surface area contributed by atoms with E-state index in [0.29, 0.717) is 31.9 Å². The molecule has 4 heterocycles. The maximum atomic E-state index is 12.7. The van der Waals surface area contributed by atoms with Crippen LogP contribution in [-0.4, -0.2) is 70.6 Å². The average molecular weight is 359 g/mol. The second-order valence-corrected chi connectivity index (χ2v) is 7.73. The van der Waals surface area contributed by atoms with Crippen molar-refractivity contribution < 1.29 is 9.59 Å². The summed E-state index contributed by atoms with van der Waals surface area (Å²) in [6.07, 6.45) is 0.854. The molecule has 2 aliphatic rings. The van der Waals surface area contributed by atoms with Gasteiger partial charge in [-0.25, -0.2) is 0 Å². The lowest BCUT2D eigenvalue weighted by molar-refractivity contribution is -0.123. The summed E-state index contributed by atoms with van der Waals surface area (Å²) in [5.41, 5.74) is 2.09. The van der Waals surface area contributed by atoms with Crippen LogP contribution < -0.4 is 4.90 Å². The van der Waals surface area contributed by atoms with E-state index in [1.54, 1.807) is 17.4 Å². The Morgan fingerprint density at radius 1 is 1.40 bits per heavy atom. The highest BCUT2D eigenvalue weighted by Gasteiger charge is 2.49. The molecule has 0 aliphatic carbocycles. The number of likely N-dealkylation sites (N-methyl/N-ethyl adjacent to an activating group) is 1. The number of thiophene rings is 1. The lowest BCUT2D eigenvalue weighted by atomic mass is 9.93. The quantitative estimate of drug-likeness (QED) is 0.878. The lowest BCUT2D eigenvalue weighted by Gasteiger charge is -2.46. The molecule has 2 amide bonds. The molecular formula is C17H21N5O2S. The topological polar surface area (TPSA) is 72.5 Å². The number of piperazine rings is 1. The first kappa shape index (κ1) is 16.3. The standard InChI is InChI=1S/C17H21N5O2S/c1-12-7-14(19-18-12)16(24)21-5-4-17(10-21)11-22(13-3-6-25-9-13)15(23)8-20(17)2/h3,6-7,9H,4-5,8,10-11H2,1-2H3,(H,18,19)/t17-/m0/s1. The Morgan fingerprint density at radius 2 is 2.24 bits per heavy atom. The van der Waals surface area contributed by atoms with Crippen LogP contribution in [0.3, 0.4) is 0 Å². The fourth-order valence-corrected chi connectivity index (χ4v) is 4.41. The Bertz CT molecular complexity index is 802. The highest BCUT2D eigenvalue weighted by atomic mass is 32.1. The van der Waals surface area contributed by atoms with Gasteiger partial charge >= 0.3 is 0 Å². The molecule has 25 heavy (non-hydrogen) atoms. The van der Waals surface area contributed by atoms with Gasteiger partial charge in [0, 0.05) is 30.7 Å². The second kappa shape index (κ2) is 5.96. The molecule has 2 aromatic rings. The molecule has 1 N–H and O–H groups in total. The molecule has 0 unspecified atom stereocenters. The number of carbonyl (C=O) groups excluding carboxylic acids is 2. The van der Waals surface area contributed by atoms with E-state index >= 15 is 0 Å². The molecule has 2 aromatic heterocycles. The number of rotatable bonds is 2. The monoisotopic (exact) mass is 359 g/mol. The molecule has 2 aliphatic heterocycles. The van der Waals surface area contributed by atoms with Gasteiger partial charge in [-0.05, 0) is 37.9 Å². The Labute approximate surface area is 150 Å². The van der Waals surface area contributed by atoms with Crippen molar-refractivity contribution in [2.45, 2.75) is 18.9 Å². The third-order valence-electron chi connectivity index (χ3n) is 5.30. The molecule has 0 radical (unpaired) electrons. The van der Waals surface area contributed by atoms with Gasteiger partial charge in [0.05, 0.1) is 17.8 Å². The number of hydrogen-bond donors (Lipinski definition) is 1. The average Bonchev–Trinajstić information content (AvgIpc) is 3.32. The molecule has 7 nitrogen and oxygen atoms in total. The highest BCUT2D eigenvalue weighted by Crippen LogP contribution is 2.34. The van der Waals surface area contributed by atoms with Crippen molar-refractivity contribution in [3.05, 3.63) is 34.3 Å². The molecule has 4 rings (SSSR count). The third kappa shape index (κ3) is 2.75. The van der Waals surface area contributed by atoms with E-state index in [2.05, 4.69) is 15.1 Å². The maximum Gasteiger partial charge on any atom is 0.274 e. The summed E-state index contributed by atoms with van der Waals surface area (Å²) in [6.45, 7) is 4.17. The smallest absolute Gasteiger partial charge is 0.274 e. The molecule has 2 saturated heterocycles. The molecule has 1 atom stereocenters. The van der Waals surface area contributed by atoms with Crippen LogP contribution in [-0.2, 0) is 4.79 Å². The van der Waals surface area contributed by atoms with Gasteiger partial charge in [0.2, 0.25) is 5.91 Å². The van der Waals surface area contributed by atoms with Gasteiger partial charge in [0.25, 0.3) is 5.91 Å². The van der Waals surface area contributed by atoms with E-state index in [1.807, 2.05) is 40.6 Å². The number of nitrogens with zero attached hydrogens (tertiary/aromatic N) is 4. The number of nitrogens with one attached hydrogen (secondary N) is 1. The number of aromatic amines is 1. The first-order chi connectivity index (χ1) is 12.0. The van der Waals surface area contributed by atoms with Crippen molar-refractivity contribution in [3.8, 4) is 0 Å². The second-order valence-electron chi connectivity index (χ2n) is 6.95. The van der Waals surface area contributed by atoms with E-state index in [9.17, 15) is 9.59 Å². The third-order valence-corrected chi connectivity index (χ3v) is 5.97. The summed E-state index contributed by atoms with van der Waals surface area (Å²) in [5.74, 6) is 0.0628. The zero-order valence-corrected chi connectivity index (χ0v) is 15.2. The number of likely N-dealkylation sites (tertiary alicyclic amines) is 1. The molecule has 1 spiro atoms. The summed E-state index contributed by atoms with van der Waals surface area (Å²) < 4.78 is 0. The van der Waals surface area contributed by atoms with Crippen molar-refractivity contribution in [1.82, 2.24) is 20.0 Å². The first-order valence-corrected chi connectivity index (χ1v) is 9.28. The Hall–Kier alpha value is -2.19. The van der Waals surface area contributed by atoms with Crippen LogP contribution in [0.1, 0.15) is 22.6 Å². The van der Waals surface area contributed by atoms with Gasteiger partial charge in [-0.15, -0.1) is 0 Å². The number of amides is 2. The van der Waals surface area contributed by atoms with Crippen LogP contribution >= 0.6 is 11.3 Å². The summed E-state index contributed by atoms with van der Waals surface area (Å²) in [6, 6.07) is 3.76. The molecule has 0 bridgehead atoms. The number of carbonyl (C=O) groups is 2. The van der Waals surface area contributed by atoms with Crippen molar-refractivity contribution in [1.29, 1.82) is 0 Å². The zero-order chi connectivity index (χ0) is 17.6. The summed E-state index contributed by atoms with van der Waals surface area (Å²) in [4.78, 5) is 31.0. The van der Waals surface area contributed by atoms with Crippen LogP contribution in [0.15, 0.2) is 22.9 Å². The van der Waals surface area contributed by atoms with Gasteiger partial charge in [0.15, 0.2) is 0 Å². The Balaban J connectivity index is 1.55. The van der Waals surface area contributed by atoms with Crippen LogP contribution in [0.25, 0.3) is 0 Å². The fraction of sp³-hybridized carbons (Fsp3) is 0.471. The Kier molecular flexibility index (Phi) is 3.88. The minimum Gasteiger partial charge on any atom is -0.335 e. The number of aryl methyl sites for hydroxylation is 1. The number of H-pyrrole nitrogens is 1. The van der Waals surface area contributed by atoms with Gasteiger partial charge in [0.1, 0.15) is 5.69 Å². The van der Waals surface area contributed by atoms with E-state index < -0.39 is 0 Å². The number of anilines is 1. The molecule has 0 aromatic carbocycles. The SMILES string of the molecule is Cc1cc(C(=O)N2CC[C@]3(C2)CN(c2ccsc2)C(=O)CN3C)n[nH]1. The van der Waals surface area contributed by atoms with Crippen molar-refractivity contribution in [3.63, 3.8) is 0 Å². The summed E-state index contributed by atoms with van der Waals surface area (Å²) in [5, 5.41) is 10.9. The van der Waals surface area contributed by atoms with Gasteiger partial charge < -0.3 is 9.80 Å². The largest absolute Gasteiger partial charge is 0.335 e. The molecular weight excluding hydrogens is 338 g/mol. The minimum atomic E-state index is -0.198. The minimum absolute atomic E-state index is 0.0476. The predicted molar refractivity (Wildman–Crippen MR) is 95.9 cm³/mol. The molecule has 2 fully saturated rings. The van der Waals surface area contributed by atoms with Gasteiger partial charge in [-0.2, -0.15) is 16.4 Å². The molecule has 0 saturated carbocycles. The van der Waals surface area contributed by atoms with Crippen molar-refractivity contribution >= 4 is 28.8 Å². The van der Waals surface area contributed by atoms with Crippen molar-refractivity contribution in [2.75, 3.05) is 38.1 Å².